The molecule has 15 heavy (non-hydrogen) atoms. The van der Waals surface area contributed by atoms with Crippen LogP contribution in [0.4, 0.5) is 5.69 Å². The Morgan fingerprint density at radius 1 is 1.67 bits per heavy atom. The summed E-state index contributed by atoms with van der Waals surface area (Å²) in [5, 5.41) is 9.96. The number of nitrogens with zero attached hydrogens (tertiary/aromatic N) is 5. The number of azide groups is 1. The molecule has 0 radical (unpaired) electrons. The van der Waals surface area contributed by atoms with Crippen molar-refractivity contribution in [3.63, 3.8) is 0 Å². The molecule has 0 aliphatic heterocycles. The molecule has 1 aromatic heterocycles. The minimum absolute atomic E-state index is 0.204. The third-order valence-corrected chi connectivity index (χ3v) is 2.05. The molecule has 0 aliphatic carbocycles. The Bertz CT molecular complexity index is 429. The SMILES string of the molecule is Cc1nn(C)c(C)c1NC(=O)CN=[N+]=[N-]. The number of carbonyl (C=O) groups is 1. The molecule has 7 nitrogen and oxygen atoms in total. The summed E-state index contributed by atoms with van der Waals surface area (Å²) in [4.78, 5) is 13.8. The highest BCUT2D eigenvalue weighted by Crippen LogP contribution is 2.17. The molecular weight excluding hydrogens is 196 g/mol. The van der Waals surface area contributed by atoms with E-state index in [0.29, 0.717) is 5.69 Å². The molecule has 0 spiro atoms. The molecule has 1 N–H and O–H groups in total. The molecule has 1 aromatic rings. The molecule has 1 amide bonds. The van der Waals surface area contributed by atoms with E-state index in [0.717, 1.165) is 11.4 Å². The maximum atomic E-state index is 11.3. The Kier molecular flexibility index (Phi) is 3.30. The lowest BCUT2D eigenvalue weighted by atomic mass is 10.3. The van der Waals surface area contributed by atoms with Gasteiger partial charge in [-0.25, -0.2) is 0 Å². The van der Waals surface area contributed by atoms with E-state index in [-0.39, 0.29) is 12.5 Å². The largest absolute Gasteiger partial charge is 0.323 e. The maximum Gasteiger partial charge on any atom is 0.230 e. The Morgan fingerprint density at radius 3 is 2.80 bits per heavy atom. The van der Waals surface area contributed by atoms with E-state index in [1.807, 2.05) is 6.92 Å². The fourth-order valence-corrected chi connectivity index (χ4v) is 1.23. The van der Waals surface area contributed by atoms with Crippen molar-refractivity contribution in [2.45, 2.75) is 13.8 Å². The summed E-state index contributed by atoms with van der Waals surface area (Å²) in [5.74, 6) is -0.341. The first kappa shape index (κ1) is 11.1. The third-order valence-electron chi connectivity index (χ3n) is 2.05. The van der Waals surface area contributed by atoms with Crippen LogP contribution >= 0.6 is 0 Å². The number of aromatic nitrogens is 2. The van der Waals surface area contributed by atoms with Gasteiger partial charge in [0.2, 0.25) is 5.91 Å². The van der Waals surface area contributed by atoms with Crippen molar-refractivity contribution < 1.29 is 4.79 Å². The lowest BCUT2D eigenvalue weighted by molar-refractivity contribution is -0.114. The van der Waals surface area contributed by atoms with Crippen molar-refractivity contribution in [3.8, 4) is 0 Å². The van der Waals surface area contributed by atoms with Gasteiger partial charge in [-0.05, 0) is 19.4 Å². The van der Waals surface area contributed by atoms with Crippen molar-refractivity contribution in [3.05, 3.63) is 21.8 Å². The molecule has 1 heterocycles. The third kappa shape index (κ3) is 2.47. The minimum atomic E-state index is -0.341. The normalized spacial score (nSPS) is 9.53. The lowest BCUT2D eigenvalue weighted by Gasteiger charge is -2.02. The Balaban J connectivity index is 2.80. The number of anilines is 1. The standard InChI is InChI=1S/C8H12N6O/c1-5-8(6(2)14(3)12-5)11-7(15)4-10-13-9/h4H2,1-3H3,(H,11,15). The van der Waals surface area contributed by atoms with Gasteiger partial charge in [0.25, 0.3) is 0 Å². The van der Waals surface area contributed by atoms with Crippen LogP contribution in [-0.2, 0) is 11.8 Å². The number of aryl methyl sites for hydroxylation is 2. The summed E-state index contributed by atoms with van der Waals surface area (Å²) in [7, 11) is 1.80. The van der Waals surface area contributed by atoms with Gasteiger partial charge in [-0.1, -0.05) is 5.11 Å². The van der Waals surface area contributed by atoms with Gasteiger partial charge in [0.1, 0.15) is 6.54 Å². The van der Waals surface area contributed by atoms with E-state index in [1.54, 1.807) is 18.7 Å². The van der Waals surface area contributed by atoms with Gasteiger partial charge in [-0.2, -0.15) is 5.10 Å². The van der Waals surface area contributed by atoms with Crippen LogP contribution < -0.4 is 5.32 Å². The van der Waals surface area contributed by atoms with Crippen LogP contribution in [0.15, 0.2) is 5.11 Å². The monoisotopic (exact) mass is 208 g/mol. The van der Waals surface area contributed by atoms with Crippen molar-refractivity contribution in [2.24, 2.45) is 12.2 Å². The highest BCUT2D eigenvalue weighted by atomic mass is 16.1. The minimum Gasteiger partial charge on any atom is -0.323 e. The molecule has 0 saturated carbocycles. The smallest absolute Gasteiger partial charge is 0.230 e. The van der Waals surface area contributed by atoms with Crippen molar-refractivity contribution in [1.82, 2.24) is 9.78 Å². The maximum absolute atomic E-state index is 11.3. The molecule has 0 atom stereocenters. The molecule has 7 heteroatoms. The summed E-state index contributed by atoms with van der Waals surface area (Å²) in [6, 6.07) is 0. The quantitative estimate of drug-likeness (QED) is 0.460. The second-order valence-corrected chi connectivity index (χ2v) is 3.11. The summed E-state index contributed by atoms with van der Waals surface area (Å²) in [6.45, 7) is 3.45. The van der Waals surface area contributed by atoms with E-state index in [2.05, 4.69) is 20.4 Å². The zero-order valence-electron chi connectivity index (χ0n) is 8.85. The number of hydrogen-bond acceptors (Lipinski definition) is 3. The number of rotatable bonds is 3. The fraction of sp³-hybridized carbons (Fsp3) is 0.500. The second-order valence-electron chi connectivity index (χ2n) is 3.11. The molecule has 0 aliphatic rings. The van der Waals surface area contributed by atoms with E-state index in [9.17, 15) is 4.79 Å². The van der Waals surface area contributed by atoms with Gasteiger partial charge in [-0.15, -0.1) is 0 Å². The van der Waals surface area contributed by atoms with Crippen LogP contribution in [0.25, 0.3) is 10.4 Å². The molecule has 0 saturated heterocycles. The second kappa shape index (κ2) is 4.47. The van der Waals surface area contributed by atoms with Crippen LogP contribution in [-0.4, -0.2) is 22.2 Å². The van der Waals surface area contributed by atoms with Crippen molar-refractivity contribution in [2.75, 3.05) is 11.9 Å². The molecule has 0 bridgehead atoms. The highest BCUT2D eigenvalue weighted by molar-refractivity contribution is 5.93. The zero-order chi connectivity index (χ0) is 11.4. The van der Waals surface area contributed by atoms with Gasteiger partial charge in [-0.3, -0.25) is 9.48 Å². The van der Waals surface area contributed by atoms with Crippen LogP contribution in [0.3, 0.4) is 0 Å². The number of nitrogens with one attached hydrogen (secondary N) is 1. The summed E-state index contributed by atoms with van der Waals surface area (Å²) >= 11 is 0. The summed E-state index contributed by atoms with van der Waals surface area (Å²) in [6.07, 6.45) is 0. The Morgan fingerprint density at radius 2 is 2.33 bits per heavy atom. The van der Waals surface area contributed by atoms with Crippen molar-refractivity contribution in [1.29, 1.82) is 0 Å². The highest BCUT2D eigenvalue weighted by Gasteiger charge is 2.11. The van der Waals surface area contributed by atoms with Crippen LogP contribution in [0.1, 0.15) is 11.4 Å². The first-order valence-corrected chi connectivity index (χ1v) is 4.37. The molecular formula is C8H12N6O. The number of amides is 1. The number of hydrogen-bond donors (Lipinski definition) is 1. The summed E-state index contributed by atoms with van der Waals surface area (Å²) < 4.78 is 1.68. The van der Waals surface area contributed by atoms with E-state index in [4.69, 9.17) is 5.53 Å². The zero-order valence-corrected chi connectivity index (χ0v) is 8.85. The fourth-order valence-electron chi connectivity index (χ4n) is 1.23. The first-order chi connectivity index (χ1) is 7.06. The van der Waals surface area contributed by atoms with Crippen LogP contribution in [0, 0.1) is 13.8 Å². The van der Waals surface area contributed by atoms with E-state index >= 15 is 0 Å². The van der Waals surface area contributed by atoms with Crippen LogP contribution in [0.2, 0.25) is 0 Å². The average molecular weight is 208 g/mol. The van der Waals surface area contributed by atoms with Gasteiger partial charge in [0, 0.05) is 12.0 Å². The van der Waals surface area contributed by atoms with Crippen LogP contribution in [0.5, 0.6) is 0 Å². The molecule has 80 valence electrons. The lowest BCUT2D eigenvalue weighted by Crippen LogP contribution is -2.15. The van der Waals surface area contributed by atoms with Gasteiger partial charge >= 0.3 is 0 Å². The number of carbonyl (C=O) groups excluding carboxylic acids is 1. The first-order valence-electron chi connectivity index (χ1n) is 4.37. The molecule has 1 rings (SSSR count). The van der Waals surface area contributed by atoms with Gasteiger partial charge < -0.3 is 5.32 Å². The molecule has 0 unspecified atom stereocenters. The van der Waals surface area contributed by atoms with E-state index < -0.39 is 0 Å². The molecule has 0 fully saturated rings. The average Bonchev–Trinajstić information content (AvgIpc) is 2.42. The summed E-state index contributed by atoms with van der Waals surface area (Å²) in [5.41, 5.74) is 10.3. The van der Waals surface area contributed by atoms with Gasteiger partial charge in [0.15, 0.2) is 0 Å². The Hall–Kier alpha value is -2.01. The topological polar surface area (TPSA) is 95.7 Å². The predicted octanol–water partition coefficient (Wildman–Crippen LogP) is 1.29. The Labute approximate surface area is 86.7 Å². The predicted molar refractivity (Wildman–Crippen MR) is 55.3 cm³/mol. The molecule has 0 aromatic carbocycles. The van der Waals surface area contributed by atoms with Gasteiger partial charge in [0.05, 0.1) is 17.1 Å². The van der Waals surface area contributed by atoms with Crippen molar-refractivity contribution >= 4 is 11.6 Å². The van der Waals surface area contributed by atoms with E-state index in [1.165, 1.54) is 0 Å².